The van der Waals surface area contributed by atoms with E-state index in [2.05, 4.69) is 22.9 Å². The van der Waals surface area contributed by atoms with Gasteiger partial charge in [-0.15, -0.1) is 0 Å². The highest BCUT2D eigenvalue weighted by molar-refractivity contribution is 9.10. The Bertz CT molecular complexity index is 458. The van der Waals surface area contributed by atoms with E-state index in [1.807, 2.05) is 12.1 Å². The third kappa shape index (κ3) is 3.09. The molecule has 1 aromatic rings. The lowest BCUT2D eigenvalue weighted by atomic mass is 9.69. The second kappa shape index (κ2) is 6.02. The van der Waals surface area contributed by atoms with Gasteiger partial charge in [-0.2, -0.15) is 0 Å². The molecule has 4 heteroatoms. The lowest BCUT2D eigenvalue weighted by molar-refractivity contribution is 0.168. The minimum Gasteiger partial charge on any atom is -0.495 e. The molecule has 106 valence electrons. The van der Waals surface area contributed by atoms with Crippen molar-refractivity contribution in [2.75, 3.05) is 7.11 Å². The van der Waals surface area contributed by atoms with E-state index in [0.717, 1.165) is 15.8 Å². The Morgan fingerprint density at radius 3 is 2.53 bits per heavy atom. The van der Waals surface area contributed by atoms with E-state index in [4.69, 9.17) is 22.1 Å². The SMILES string of the molecule is COc1c(Br)cc(Cl)cc1C(N)C1(C)CCCCC1. The molecule has 1 atom stereocenters. The molecule has 0 spiro atoms. The van der Waals surface area contributed by atoms with Crippen LogP contribution in [0.2, 0.25) is 5.02 Å². The van der Waals surface area contributed by atoms with Crippen LogP contribution in [0.5, 0.6) is 5.75 Å². The lowest BCUT2D eigenvalue weighted by Crippen LogP contribution is -2.34. The van der Waals surface area contributed by atoms with E-state index in [1.165, 1.54) is 32.1 Å². The van der Waals surface area contributed by atoms with E-state index in [9.17, 15) is 0 Å². The predicted octanol–water partition coefficient (Wildman–Crippen LogP) is 5.08. The first kappa shape index (κ1) is 15.1. The van der Waals surface area contributed by atoms with Gasteiger partial charge in [-0.25, -0.2) is 0 Å². The normalized spacial score (nSPS) is 20.1. The molecule has 1 fully saturated rings. The second-order valence-electron chi connectivity index (χ2n) is 5.70. The largest absolute Gasteiger partial charge is 0.495 e. The van der Waals surface area contributed by atoms with Gasteiger partial charge >= 0.3 is 0 Å². The summed E-state index contributed by atoms with van der Waals surface area (Å²) in [6.45, 7) is 2.28. The summed E-state index contributed by atoms with van der Waals surface area (Å²) in [5.74, 6) is 0.809. The van der Waals surface area contributed by atoms with Crippen LogP contribution in [0.15, 0.2) is 16.6 Å². The number of hydrogen-bond acceptors (Lipinski definition) is 2. The first-order valence-corrected chi connectivity index (χ1v) is 7.93. The van der Waals surface area contributed by atoms with Gasteiger partial charge in [-0.3, -0.25) is 0 Å². The Labute approximate surface area is 128 Å². The zero-order valence-electron chi connectivity index (χ0n) is 11.5. The van der Waals surface area contributed by atoms with Crippen molar-refractivity contribution in [1.29, 1.82) is 0 Å². The molecule has 0 bridgehead atoms. The van der Waals surface area contributed by atoms with Crippen LogP contribution in [0.25, 0.3) is 0 Å². The van der Waals surface area contributed by atoms with Crippen LogP contribution in [0.4, 0.5) is 0 Å². The smallest absolute Gasteiger partial charge is 0.137 e. The highest BCUT2D eigenvalue weighted by Gasteiger charge is 2.36. The van der Waals surface area contributed by atoms with E-state index >= 15 is 0 Å². The number of halogens is 2. The molecule has 0 amide bonds. The molecular formula is C15H21BrClNO. The topological polar surface area (TPSA) is 35.2 Å². The number of methoxy groups -OCH3 is 1. The molecule has 0 radical (unpaired) electrons. The maximum Gasteiger partial charge on any atom is 0.137 e. The van der Waals surface area contributed by atoms with Crippen LogP contribution in [0.3, 0.4) is 0 Å². The van der Waals surface area contributed by atoms with Crippen LogP contribution in [-0.4, -0.2) is 7.11 Å². The Morgan fingerprint density at radius 1 is 1.32 bits per heavy atom. The zero-order chi connectivity index (χ0) is 14.0. The minimum absolute atomic E-state index is 0.0438. The van der Waals surface area contributed by atoms with Gasteiger partial charge in [0.1, 0.15) is 5.75 Å². The minimum atomic E-state index is -0.0438. The van der Waals surface area contributed by atoms with Crippen molar-refractivity contribution in [2.24, 2.45) is 11.1 Å². The maximum absolute atomic E-state index is 6.56. The summed E-state index contributed by atoms with van der Waals surface area (Å²) in [5, 5.41) is 0.692. The van der Waals surface area contributed by atoms with Crippen LogP contribution in [0, 0.1) is 5.41 Å². The van der Waals surface area contributed by atoms with Gasteiger partial charge < -0.3 is 10.5 Å². The Morgan fingerprint density at radius 2 is 1.95 bits per heavy atom. The first-order valence-electron chi connectivity index (χ1n) is 6.76. The predicted molar refractivity (Wildman–Crippen MR) is 83.8 cm³/mol. The standard InChI is InChI=1S/C15H21BrClNO/c1-15(6-4-3-5-7-15)14(18)11-8-10(17)9-12(16)13(11)19-2/h8-9,14H,3-7,18H2,1-2H3. The van der Waals surface area contributed by atoms with Crippen LogP contribution >= 0.6 is 27.5 Å². The molecule has 0 heterocycles. The number of nitrogens with two attached hydrogens (primary N) is 1. The summed E-state index contributed by atoms with van der Waals surface area (Å²) in [7, 11) is 1.67. The third-order valence-corrected chi connectivity index (χ3v) is 5.13. The number of benzene rings is 1. The molecular weight excluding hydrogens is 326 g/mol. The van der Waals surface area contributed by atoms with Gasteiger partial charge in [-0.05, 0) is 46.3 Å². The molecule has 0 aliphatic heterocycles. The van der Waals surface area contributed by atoms with Gasteiger partial charge in [-0.1, -0.05) is 37.8 Å². The second-order valence-corrected chi connectivity index (χ2v) is 6.99. The quantitative estimate of drug-likeness (QED) is 0.828. The molecule has 1 aromatic carbocycles. The highest BCUT2D eigenvalue weighted by Crippen LogP contribution is 2.48. The number of rotatable bonds is 3. The van der Waals surface area contributed by atoms with Crippen molar-refractivity contribution in [3.63, 3.8) is 0 Å². The molecule has 2 rings (SSSR count). The summed E-state index contributed by atoms with van der Waals surface area (Å²) in [6.07, 6.45) is 6.17. The fourth-order valence-corrected chi connectivity index (χ4v) is 4.07. The average molecular weight is 347 g/mol. The van der Waals surface area contributed by atoms with Gasteiger partial charge in [0, 0.05) is 16.6 Å². The van der Waals surface area contributed by atoms with Crippen LogP contribution < -0.4 is 10.5 Å². The number of hydrogen-bond donors (Lipinski definition) is 1. The van der Waals surface area contributed by atoms with Crippen molar-refractivity contribution in [3.05, 3.63) is 27.2 Å². The monoisotopic (exact) mass is 345 g/mol. The maximum atomic E-state index is 6.56. The first-order chi connectivity index (χ1) is 8.98. The molecule has 1 aliphatic carbocycles. The highest BCUT2D eigenvalue weighted by atomic mass is 79.9. The number of ether oxygens (including phenoxy) is 1. The van der Waals surface area contributed by atoms with Crippen molar-refractivity contribution in [3.8, 4) is 5.75 Å². The van der Waals surface area contributed by atoms with Crippen molar-refractivity contribution >= 4 is 27.5 Å². The Hall–Kier alpha value is -0.250. The van der Waals surface area contributed by atoms with Gasteiger partial charge in [0.15, 0.2) is 0 Å². The summed E-state index contributed by atoms with van der Waals surface area (Å²) in [5.41, 5.74) is 7.70. The van der Waals surface area contributed by atoms with E-state index < -0.39 is 0 Å². The zero-order valence-corrected chi connectivity index (χ0v) is 13.9. The van der Waals surface area contributed by atoms with Crippen LogP contribution in [-0.2, 0) is 0 Å². The summed E-state index contributed by atoms with van der Waals surface area (Å²) < 4.78 is 6.37. The summed E-state index contributed by atoms with van der Waals surface area (Å²) in [4.78, 5) is 0. The molecule has 2 N–H and O–H groups in total. The van der Waals surface area contributed by atoms with Gasteiger partial charge in [0.2, 0.25) is 0 Å². The summed E-state index contributed by atoms with van der Waals surface area (Å²) >= 11 is 9.67. The van der Waals surface area contributed by atoms with Crippen molar-refractivity contribution in [1.82, 2.24) is 0 Å². The average Bonchev–Trinajstić information content (AvgIpc) is 2.38. The molecule has 1 aliphatic rings. The van der Waals surface area contributed by atoms with Crippen molar-refractivity contribution < 1.29 is 4.74 Å². The van der Waals surface area contributed by atoms with Gasteiger partial charge in [0.25, 0.3) is 0 Å². The molecule has 0 saturated heterocycles. The summed E-state index contributed by atoms with van der Waals surface area (Å²) in [6, 6.07) is 3.74. The van der Waals surface area contributed by atoms with E-state index in [1.54, 1.807) is 7.11 Å². The molecule has 1 saturated carbocycles. The van der Waals surface area contributed by atoms with Crippen molar-refractivity contribution in [2.45, 2.75) is 45.1 Å². The Kier molecular flexibility index (Phi) is 4.80. The fraction of sp³-hybridized carbons (Fsp3) is 0.600. The molecule has 1 unspecified atom stereocenters. The van der Waals surface area contributed by atoms with Gasteiger partial charge in [0.05, 0.1) is 11.6 Å². The molecule has 19 heavy (non-hydrogen) atoms. The lowest BCUT2D eigenvalue weighted by Gasteiger charge is -2.39. The van der Waals surface area contributed by atoms with Crippen LogP contribution in [0.1, 0.15) is 50.6 Å². The fourth-order valence-electron chi connectivity index (χ4n) is 3.07. The molecule has 2 nitrogen and oxygen atoms in total. The van der Waals surface area contributed by atoms with E-state index in [0.29, 0.717) is 5.02 Å². The molecule has 0 aromatic heterocycles. The van der Waals surface area contributed by atoms with E-state index in [-0.39, 0.29) is 11.5 Å². The third-order valence-electron chi connectivity index (χ3n) is 4.32. The Balaban J connectivity index is 2.39.